The molecule has 2 atom stereocenters. The fourth-order valence-electron chi connectivity index (χ4n) is 2.77. The quantitative estimate of drug-likeness (QED) is 0.636. The Labute approximate surface area is 112 Å². The Balaban J connectivity index is 2.05. The van der Waals surface area contributed by atoms with E-state index in [-0.39, 0.29) is 12.1 Å². The van der Waals surface area contributed by atoms with E-state index in [1.54, 1.807) is 7.11 Å². The average molecular weight is 257 g/mol. The van der Waals surface area contributed by atoms with Gasteiger partial charge in [-0.3, -0.25) is 16.3 Å². The Morgan fingerprint density at radius 1 is 1.32 bits per heavy atom. The van der Waals surface area contributed by atoms with Crippen LogP contribution in [0.5, 0.6) is 0 Å². The molecule has 3 N–H and O–H groups in total. The van der Waals surface area contributed by atoms with Gasteiger partial charge >= 0.3 is 0 Å². The predicted octanol–water partition coefficient (Wildman–Crippen LogP) is 2.16. The number of para-hydroxylation sites is 1. The molecule has 1 saturated carbocycles. The predicted molar refractivity (Wildman–Crippen MR) is 75.3 cm³/mol. The van der Waals surface area contributed by atoms with E-state index >= 15 is 0 Å². The number of benzene rings is 1. The van der Waals surface area contributed by atoms with Crippen molar-refractivity contribution in [1.82, 2.24) is 10.4 Å². The fourth-order valence-corrected chi connectivity index (χ4v) is 2.77. The zero-order valence-corrected chi connectivity index (χ0v) is 11.0. The SMILES string of the molecule is COC(C1CC1)C(NN)c1cccc2cccnc12. The van der Waals surface area contributed by atoms with Gasteiger partial charge in [-0.2, -0.15) is 0 Å². The van der Waals surface area contributed by atoms with Gasteiger partial charge in [0.2, 0.25) is 0 Å². The minimum absolute atomic E-state index is 0.0175. The van der Waals surface area contributed by atoms with E-state index in [1.807, 2.05) is 18.3 Å². The largest absolute Gasteiger partial charge is 0.379 e. The minimum atomic E-state index is -0.0175. The number of nitrogens with one attached hydrogen (secondary N) is 1. The highest BCUT2D eigenvalue weighted by atomic mass is 16.5. The van der Waals surface area contributed by atoms with Crippen LogP contribution in [-0.2, 0) is 4.74 Å². The molecule has 1 aromatic carbocycles. The summed E-state index contributed by atoms with van der Waals surface area (Å²) in [7, 11) is 1.76. The lowest BCUT2D eigenvalue weighted by Gasteiger charge is -2.26. The topological polar surface area (TPSA) is 60.2 Å². The number of ether oxygens (including phenoxy) is 1. The number of nitrogens with zero attached hydrogens (tertiary/aromatic N) is 1. The van der Waals surface area contributed by atoms with Crippen molar-refractivity contribution in [2.24, 2.45) is 11.8 Å². The van der Waals surface area contributed by atoms with Crippen molar-refractivity contribution < 1.29 is 4.74 Å². The van der Waals surface area contributed by atoms with Gasteiger partial charge in [-0.15, -0.1) is 0 Å². The molecule has 1 heterocycles. The summed E-state index contributed by atoms with van der Waals surface area (Å²) < 4.78 is 5.66. The van der Waals surface area contributed by atoms with Gasteiger partial charge in [0, 0.05) is 18.7 Å². The van der Waals surface area contributed by atoms with Crippen molar-refractivity contribution in [1.29, 1.82) is 0 Å². The first-order chi connectivity index (χ1) is 9.35. The van der Waals surface area contributed by atoms with Gasteiger partial charge in [0.05, 0.1) is 17.7 Å². The highest BCUT2D eigenvalue weighted by molar-refractivity contribution is 5.82. The number of pyridine rings is 1. The van der Waals surface area contributed by atoms with Crippen LogP contribution in [0.3, 0.4) is 0 Å². The van der Waals surface area contributed by atoms with E-state index in [0.29, 0.717) is 5.92 Å². The van der Waals surface area contributed by atoms with Crippen LogP contribution in [0.1, 0.15) is 24.4 Å². The van der Waals surface area contributed by atoms with Crippen molar-refractivity contribution in [2.45, 2.75) is 25.0 Å². The maximum Gasteiger partial charge on any atom is 0.0807 e. The van der Waals surface area contributed by atoms with Crippen LogP contribution in [0.25, 0.3) is 10.9 Å². The third kappa shape index (κ3) is 2.34. The molecular weight excluding hydrogens is 238 g/mol. The van der Waals surface area contributed by atoms with E-state index in [1.165, 1.54) is 12.8 Å². The fraction of sp³-hybridized carbons (Fsp3) is 0.400. The number of fused-ring (bicyclic) bond motifs is 1. The second-order valence-electron chi connectivity index (χ2n) is 5.10. The molecular formula is C15H19N3O. The number of hydrazine groups is 1. The van der Waals surface area contributed by atoms with E-state index < -0.39 is 0 Å². The van der Waals surface area contributed by atoms with Gasteiger partial charge in [0.25, 0.3) is 0 Å². The Kier molecular flexibility index (Phi) is 3.46. The molecule has 1 fully saturated rings. The lowest BCUT2D eigenvalue weighted by atomic mass is 9.96. The number of nitrogens with two attached hydrogens (primary N) is 1. The van der Waals surface area contributed by atoms with Gasteiger partial charge in [0.15, 0.2) is 0 Å². The second-order valence-corrected chi connectivity index (χ2v) is 5.10. The van der Waals surface area contributed by atoms with Crippen molar-refractivity contribution >= 4 is 10.9 Å². The molecule has 2 unspecified atom stereocenters. The second kappa shape index (κ2) is 5.25. The first-order valence-corrected chi connectivity index (χ1v) is 6.67. The molecule has 0 amide bonds. The molecule has 1 aromatic heterocycles. The summed E-state index contributed by atoms with van der Waals surface area (Å²) in [5, 5.41) is 1.13. The van der Waals surface area contributed by atoms with Gasteiger partial charge in [0.1, 0.15) is 0 Å². The molecule has 3 rings (SSSR count). The first kappa shape index (κ1) is 12.5. The Morgan fingerprint density at radius 3 is 2.79 bits per heavy atom. The lowest BCUT2D eigenvalue weighted by molar-refractivity contribution is 0.0510. The average Bonchev–Trinajstić information content (AvgIpc) is 3.29. The van der Waals surface area contributed by atoms with Crippen LogP contribution < -0.4 is 11.3 Å². The van der Waals surface area contributed by atoms with Crippen molar-refractivity contribution in [3.8, 4) is 0 Å². The molecule has 1 aliphatic carbocycles. The summed E-state index contributed by atoms with van der Waals surface area (Å²) in [4.78, 5) is 4.50. The van der Waals surface area contributed by atoms with Gasteiger partial charge in [-0.1, -0.05) is 24.3 Å². The Bertz CT molecular complexity index is 563. The van der Waals surface area contributed by atoms with E-state index in [0.717, 1.165) is 16.5 Å². The van der Waals surface area contributed by atoms with Crippen molar-refractivity contribution in [3.05, 3.63) is 42.1 Å². The third-order valence-corrected chi connectivity index (χ3v) is 3.87. The molecule has 2 aromatic rings. The zero-order chi connectivity index (χ0) is 13.2. The lowest BCUT2D eigenvalue weighted by Crippen LogP contribution is -2.39. The molecule has 100 valence electrons. The number of methoxy groups -OCH3 is 1. The monoisotopic (exact) mass is 257 g/mol. The molecule has 0 radical (unpaired) electrons. The third-order valence-electron chi connectivity index (χ3n) is 3.87. The summed E-state index contributed by atoms with van der Waals surface area (Å²) in [6.07, 6.45) is 4.36. The smallest absolute Gasteiger partial charge is 0.0807 e. The molecule has 0 saturated heterocycles. The van der Waals surface area contributed by atoms with Crippen LogP contribution in [-0.4, -0.2) is 18.2 Å². The van der Waals surface area contributed by atoms with E-state index in [4.69, 9.17) is 10.6 Å². The molecule has 4 heteroatoms. The van der Waals surface area contributed by atoms with Crippen molar-refractivity contribution in [3.63, 3.8) is 0 Å². The summed E-state index contributed by atoms with van der Waals surface area (Å²) in [5.41, 5.74) is 5.02. The highest BCUT2D eigenvalue weighted by Gasteiger charge is 2.37. The number of rotatable bonds is 5. The molecule has 0 aliphatic heterocycles. The van der Waals surface area contributed by atoms with Crippen LogP contribution in [0.2, 0.25) is 0 Å². The first-order valence-electron chi connectivity index (χ1n) is 6.67. The summed E-state index contributed by atoms with van der Waals surface area (Å²) in [6, 6.07) is 10.2. The Hall–Kier alpha value is -1.49. The van der Waals surface area contributed by atoms with Crippen LogP contribution in [0, 0.1) is 5.92 Å². The zero-order valence-electron chi connectivity index (χ0n) is 11.0. The molecule has 1 aliphatic rings. The number of hydrogen-bond acceptors (Lipinski definition) is 4. The standard InChI is InChI=1S/C15H19N3O/c1-19-15(11-7-8-11)14(18-16)12-6-2-4-10-5-3-9-17-13(10)12/h2-6,9,11,14-15,18H,7-8,16H2,1H3. The molecule has 0 bridgehead atoms. The summed E-state index contributed by atoms with van der Waals surface area (Å²) in [6.45, 7) is 0. The van der Waals surface area contributed by atoms with E-state index in [9.17, 15) is 0 Å². The summed E-state index contributed by atoms with van der Waals surface area (Å²) in [5.74, 6) is 6.38. The highest BCUT2D eigenvalue weighted by Crippen LogP contribution is 2.40. The van der Waals surface area contributed by atoms with Gasteiger partial charge in [-0.05, 0) is 30.4 Å². The minimum Gasteiger partial charge on any atom is -0.379 e. The van der Waals surface area contributed by atoms with Crippen LogP contribution in [0.4, 0.5) is 0 Å². The number of hydrogen-bond donors (Lipinski definition) is 2. The molecule has 19 heavy (non-hydrogen) atoms. The summed E-state index contributed by atoms with van der Waals surface area (Å²) >= 11 is 0. The van der Waals surface area contributed by atoms with Crippen LogP contribution in [0.15, 0.2) is 36.5 Å². The molecule has 4 nitrogen and oxygen atoms in total. The molecule has 0 spiro atoms. The Morgan fingerprint density at radius 2 is 2.11 bits per heavy atom. The van der Waals surface area contributed by atoms with Gasteiger partial charge < -0.3 is 4.74 Å². The normalized spacial score (nSPS) is 18.4. The number of aromatic nitrogens is 1. The van der Waals surface area contributed by atoms with E-state index in [2.05, 4.69) is 28.6 Å². The van der Waals surface area contributed by atoms with Gasteiger partial charge in [-0.25, -0.2) is 0 Å². The van der Waals surface area contributed by atoms with Crippen LogP contribution >= 0.6 is 0 Å². The van der Waals surface area contributed by atoms with Crippen molar-refractivity contribution in [2.75, 3.05) is 7.11 Å². The maximum atomic E-state index is 5.78. The maximum absolute atomic E-state index is 5.78.